The summed E-state index contributed by atoms with van der Waals surface area (Å²) in [6, 6.07) is 8.06. The molecule has 0 bridgehead atoms. The summed E-state index contributed by atoms with van der Waals surface area (Å²) in [6.45, 7) is 3.99. The van der Waals surface area contributed by atoms with E-state index in [1.54, 1.807) is 6.20 Å². The molecule has 104 valence electrons. The van der Waals surface area contributed by atoms with Gasteiger partial charge in [0.25, 0.3) is 0 Å². The molecule has 1 aliphatic rings. The zero-order chi connectivity index (χ0) is 14.1. The lowest BCUT2D eigenvalue weighted by atomic mass is 10.1. The zero-order valence-electron chi connectivity index (χ0n) is 11.8. The number of benzene rings is 1. The molecule has 0 spiro atoms. The van der Waals surface area contributed by atoms with Crippen molar-refractivity contribution in [2.24, 2.45) is 0 Å². The molecular weight excluding hydrogens is 250 g/mol. The molecule has 1 aliphatic carbocycles. The van der Waals surface area contributed by atoms with E-state index in [2.05, 4.69) is 34.3 Å². The number of aliphatic hydroxyl groups is 1. The molecule has 4 heteroatoms. The lowest BCUT2D eigenvalue weighted by Gasteiger charge is -2.20. The maximum atomic E-state index is 10.3. The van der Waals surface area contributed by atoms with Crippen molar-refractivity contribution < 1.29 is 5.11 Å². The van der Waals surface area contributed by atoms with E-state index >= 15 is 0 Å². The second kappa shape index (κ2) is 5.21. The quantitative estimate of drug-likeness (QED) is 0.898. The van der Waals surface area contributed by atoms with Crippen molar-refractivity contribution in [2.75, 3.05) is 5.32 Å². The third kappa shape index (κ3) is 2.27. The van der Waals surface area contributed by atoms with Crippen LogP contribution in [-0.2, 0) is 12.8 Å². The molecule has 0 fully saturated rings. The Morgan fingerprint density at radius 2 is 2.15 bits per heavy atom. The molecule has 0 saturated heterocycles. The number of aryl methyl sites for hydroxylation is 2. The maximum Gasteiger partial charge on any atom is 0.148 e. The lowest BCUT2D eigenvalue weighted by molar-refractivity contribution is 0.165. The van der Waals surface area contributed by atoms with E-state index in [1.807, 2.05) is 19.1 Å². The second-order valence-electron chi connectivity index (χ2n) is 5.25. The average molecular weight is 269 g/mol. The highest BCUT2D eigenvalue weighted by Gasteiger charge is 2.31. The SMILES string of the molecule is CCc1ncc(C)nc1NC1c2ccccc2CC1O. The van der Waals surface area contributed by atoms with Gasteiger partial charge in [-0.1, -0.05) is 31.2 Å². The third-order valence-corrected chi connectivity index (χ3v) is 3.80. The number of hydrogen-bond acceptors (Lipinski definition) is 4. The molecule has 0 aliphatic heterocycles. The van der Waals surface area contributed by atoms with Crippen molar-refractivity contribution in [1.29, 1.82) is 0 Å². The Hall–Kier alpha value is -1.94. The number of hydrogen-bond donors (Lipinski definition) is 2. The molecule has 4 nitrogen and oxygen atoms in total. The van der Waals surface area contributed by atoms with Crippen LogP contribution >= 0.6 is 0 Å². The van der Waals surface area contributed by atoms with Gasteiger partial charge in [-0.2, -0.15) is 0 Å². The summed E-state index contributed by atoms with van der Waals surface area (Å²) in [4.78, 5) is 8.94. The number of anilines is 1. The summed E-state index contributed by atoms with van der Waals surface area (Å²) in [7, 11) is 0. The van der Waals surface area contributed by atoms with Crippen LogP contribution in [0.3, 0.4) is 0 Å². The largest absolute Gasteiger partial charge is 0.390 e. The van der Waals surface area contributed by atoms with Crippen LogP contribution in [0.2, 0.25) is 0 Å². The van der Waals surface area contributed by atoms with Crippen molar-refractivity contribution in [3.8, 4) is 0 Å². The van der Waals surface area contributed by atoms with Crippen LogP contribution in [0.4, 0.5) is 5.82 Å². The summed E-state index contributed by atoms with van der Waals surface area (Å²) >= 11 is 0. The highest BCUT2D eigenvalue weighted by Crippen LogP contribution is 2.34. The summed E-state index contributed by atoms with van der Waals surface area (Å²) in [6.07, 6.45) is 2.87. The Morgan fingerprint density at radius 1 is 1.35 bits per heavy atom. The standard InChI is InChI=1S/C16H19N3O/c1-3-13-16(18-10(2)9-17-13)19-15-12-7-5-4-6-11(12)8-14(15)20/h4-7,9,14-15,20H,3,8H2,1-2H3,(H,18,19). The van der Waals surface area contributed by atoms with Crippen LogP contribution < -0.4 is 5.32 Å². The Kier molecular flexibility index (Phi) is 3.40. The van der Waals surface area contributed by atoms with E-state index in [1.165, 1.54) is 5.56 Å². The van der Waals surface area contributed by atoms with Gasteiger partial charge in [0.2, 0.25) is 0 Å². The fraction of sp³-hybridized carbons (Fsp3) is 0.375. The fourth-order valence-electron chi connectivity index (χ4n) is 2.77. The van der Waals surface area contributed by atoms with Gasteiger partial charge in [0.05, 0.1) is 23.5 Å². The van der Waals surface area contributed by atoms with Gasteiger partial charge < -0.3 is 10.4 Å². The highest BCUT2D eigenvalue weighted by molar-refractivity contribution is 5.47. The van der Waals surface area contributed by atoms with Gasteiger partial charge >= 0.3 is 0 Å². The van der Waals surface area contributed by atoms with Crippen molar-refractivity contribution in [1.82, 2.24) is 9.97 Å². The molecule has 20 heavy (non-hydrogen) atoms. The van der Waals surface area contributed by atoms with E-state index in [0.29, 0.717) is 6.42 Å². The summed E-state index contributed by atoms with van der Waals surface area (Å²) in [5.74, 6) is 0.785. The van der Waals surface area contributed by atoms with Gasteiger partial charge in [-0.3, -0.25) is 4.98 Å². The minimum Gasteiger partial charge on any atom is -0.390 e. The Balaban J connectivity index is 1.94. The molecule has 1 heterocycles. The predicted molar refractivity (Wildman–Crippen MR) is 78.7 cm³/mol. The number of aliphatic hydroxyl groups excluding tert-OH is 1. The molecule has 2 aromatic rings. The van der Waals surface area contributed by atoms with Gasteiger partial charge in [-0.05, 0) is 24.5 Å². The van der Waals surface area contributed by atoms with Gasteiger partial charge in [-0.25, -0.2) is 4.98 Å². The first-order chi connectivity index (χ1) is 9.69. The number of aromatic nitrogens is 2. The first kappa shape index (κ1) is 13.1. The molecule has 2 atom stereocenters. The topological polar surface area (TPSA) is 58.0 Å². The second-order valence-corrected chi connectivity index (χ2v) is 5.25. The monoisotopic (exact) mass is 269 g/mol. The minimum absolute atomic E-state index is 0.104. The van der Waals surface area contributed by atoms with Crippen molar-refractivity contribution in [3.05, 3.63) is 53.0 Å². The van der Waals surface area contributed by atoms with E-state index < -0.39 is 6.10 Å². The van der Waals surface area contributed by atoms with Gasteiger partial charge in [-0.15, -0.1) is 0 Å². The van der Waals surface area contributed by atoms with E-state index in [4.69, 9.17) is 0 Å². The molecule has 2 N–H and O–H groups in total. The third-order valence-electron chi connectivity index (χ3n) is 3.80. The first-order valence-corrected chi connectivity index (χ1v) is 7.04. The summed E-state index contributed by atoms with van der Waals surface area (Å²) in [5.41, 5.74) is 4.18. The zero-order valence-corrected chi connectivity index (χ0v) is 11.8. The number of rotatable bonds is 3. The van der Waals surface area contributed by atoms with Crippen LogP contribution in [0.1, 0.15) is 35.5 Å². The molecule has 1 aromatic heterocycles. The van der Waals surface area contributed by atoms with Crippen LogP contribution in [0.25, 0.3) is 0 Å². The highest BCUT2D eigenvalue weighted by atomic mass is 16.3. The first-order valence-electron chi connectivity index (χ1n) is 7.04. The van der Waals surface area contributed by atoms with Crippen LogP contribution in [0.5, 0.6) is 0 Å². The van der Waals surface area contributed by atoms with E-state index in [-0.39, 0.29) is 6.04 Å². The molecule has 1 aromatic carbocycles. The summed E-state index contributed by atoms with van der Waals surface area (Å²) < 4.78 is 0. The van der Waals surface area contributed by atoms with Crippen LogP contribution in [0, 0.1) is 6.92 Å². The normalized spacial score (nSPS) is 20.8. The predicted octanol–water partition coefficient (Wildman–Crippen LogP) is 2.42. The molecule has 0 saturated carbocycles. The Bertz CT molecular complexity index is 627. The van der Waals surface area contributed by atoms with Gasteiger partial charge in [0, 0.05) is 12.6 Å². The lowest BCUT2D eigenvalue weighted by Crippen LogP contribution is -2.22. The van der Waals surface area contributed by atoms with Crippen LogP contribution in [-0.4, -0.2) is 21.2 Å². The smallest absolute Gasteiger partial charge is 0.148 e. The molecule has 0 radical (unpaired) electrons. The molecular formula is C16H19N3O. The minimum atomic E-state index is -0.417. The van der Waals surface area contributed by atoms with Crippen LogP contribution in [0.15, 0.2) is 30.5 Å². The number of nitrogens with one attached hydrogen (secondary N) is 1. The molecule has 2 unspecified atom stereocenters. The van der Waals surface area contributed by atoms with E-state index in [0.717, 1.165) is 29.2 Å². The molecule has 3 rings (SSSR count). The average Bonchev–Trinajstić information content (AvgIpc) is 2.76. The number of nitrogens with zero attached hydrogens (tertiary/aromatic N) is 2. The van der Waals surface area contributed by atoms with Crippen molar-refractivity contribution >= 4 is 5.82 Å². The van der Waals surface area contributed by atoms with Crippen molar-refractivity contribution in [2.45, 2.75) is 38.8 Å². The maximum absolute atomic E-state index is 10.3. The van der Waals surface area contributed by atoms with Gasteiger partial charge in [0.1, 0.15) is 5.82 Å². The molecule has 0 amide bonds. The Labute approximate surface area is 118 Å². The van der Waals surface area contributed by atoms with E-state index in [9.17, 15) is 5.11 Å². The Morgan fingerprint density at radius 3 is 2.95 bits per heavy atom. The van der Waals surface area contributed by atoms with Crippen molar-refractivity contribution in [3.63, 3.8) is 0 Å². The number of fused-ring (bicyclic) bond motifs is 1. The fourth-order valence-corrected chi connectivity index (χ4v) is 2.77. The van der Waals surface area contributed by atoms with Gasteiger partial charge in [0.15, 0.2) is 0 Å². The summed E-state index contributed by atoms with van der Waals surface area (Å²) in [5, 5.41) is 13.7.